The Balaban J connectivity index is 1.64. The van der Waals surface area contributed by atoms with Gasteiger partial charge in [0.1, 0.15) is 22.7 Å². The summed E-state index contributed by atoms with van der Waals surface area (Å²) in [5, 5.41) is 33.7. The number of rotatable bonds is 3. The second kappa shape index (κ2) is 10.4. The number of aromatic hydroxyl groups is 3. The Morgan fingerprint density at radius 2 is 0.875 bits per heavy atom. The van der Waals surface area contributed by atoms with Gasteiger partial charge in [-0.15, -0.1) is 0 Å². The Morgan fingerprint density at radius 1 is 0.521 bits per heavy atom. The van der Waals surface area contributed by atoms with Gasteiger partial charge in [0.05, 0.1) is 0 Å². The molecule has 1 unspecified atom stereocenters. The molecule has 3 aromatic rings. The number of aryl methyl sites for hydroxylation is 3. The van der Waals surface area contributed by atoms with E-state index in [4.69, 9.17) is 27.1 Å². The van der Waals surface area contributed by atoms with E-state index < -0.39 is 56.7 Å². The molecule has 3 N–H and O–H groups in total. The third-order valence-electron chi connectivity index (χ3n) is 10.1. The Labute approximate surface area is 285 Å². The largest absolute Gasteiger partial charge is 0.508 e. The van der Waals surface area contributed by atoms with E-state index >= 15 is 0 Å². The highest BCUT2D eigenvalue weighted by Crippen LogP contribution is 2.86. The van der Waals surface area contributed by atoms with Crippen molar-refractivity contribution in [1.29, 1.82) is 0 Å². The molecule has 258 valence electrons. The van der Waals surface area contributed by atoms with Crippen molar-refractivity contribution in [3.05, 3.63) is 86.5 Å². The topological polar surface area (TPSA) is 116 Å². The van der Waals surface area contributed by atoms with Crippen LogP contribution in [0.4, 0.5) is 0 Å². The van der Waals surface area contributed by atoms with Crippen LogP contribution in [-0.2, 0) is 54.6 Å². The van der Waals surface area contributed by atoms with Gasteiger partial charge in [-0.25, -0.2) is 0 Å². The van der Waals surface area contributed by atoms with Gasteiger partial charge in [0.15, 0.2) is 6.29 Å². The number of benzene rings is 3. The van der Waals surface area contributed by atoms with Gasteiger partial charge in [-0.05, 0) is 106 Å². The zero-order chi connectivity index (χ0) is 35.1. The fourth-order valence-corrected chi connectivity index (χ4v) is 10.5. The van der Waals surface area contributed by atoms with Crippen molar-refractivity contribution in [3.8, 4) is 17.2 Å². The van der Waals surface area contributed by atoms with Gasteiger partial charge in [-0.2, -0.15) is 0 Å². The van der Waals surface area contributed by atoms with Crippen LogP contribution in [0.3, 0.4) is 0 Å². The van der Waals surface area contributed by atoms with Crippen LogP contribution in [-0.4, -0.2) is 27.4 Å². The van der Waals surface area contributed by atoms with Crippen LogP contribution in [0.2, 0.25) is 0 Å². The summed E-state index contributed by atoms with van der Waals surface area (Å²) in [6.45, 7) is 24.2. The first-order chi connectivity index (χ1) is 22.1. The normalized spacial score (nSPS) is 29.1. The van der Waals surface area contributed by atoms with Crippen LogP contribution < -0.4 is 0 Å². The molecule has 1 atom stereocenters. The third kappa shape index (κ3) is 4.45. The van der Waals surface area contributed by atoms with E-state index in [0.717, 1.165) is 44.5 Å². The van der Waals surface area contributed by atoms with Gasteiger partial charge < -0.3 is 15.3 Å². The van der Waals surface area contributed by atoms with Gasteiger partial charge in [0.25, 0.3) is 11.6 Å². The molecule has 9 nitrogen and oxygen atoms in total. The summed E-state index contributed by atoms with van der Waals surface area (Å²) in [6, 6.07) is 11.2. The molecule has 6 heterocycles. The maximum absolute atomic E-state index is 11.3. The first kappa shape index (κ1) is 34.1. The Bertz CT molecular complexity index is 1770. The van der Waals surface area contributed by atoms with Crippen molar-refractivity contribution >= 4 is 17.2 Å². The molecule has 9 rings (SSSR count). The number of hydrogen-bond acceptors (Lipinski definition) is 9. The molecule has 48 heavy (non-hydrogen) atoms. The number of hydrogen-bond donors (Lipinski definition) is 3. The molecule has 0 radical (unpaired) electrons. The van der Waals surface area contributed by atoms with Gasteiger partial charge in [0, 0.05) is 5.56 Å². The lowest BCUT2D eigenvalue weighted by Crippen LogP contribution is -2.73. The lowest BCUT2D eigenvalue weighted by Gasteiger charge is -2.62. The van der Waals surface area contributed by atoms with Crippen molar-refractivity contribution in [3.63, 3.8) is 0 Å². The summed E-state index contributed by atoms with van der Waals surface area (Å²) in [5.41, 5.74) is 3.91. The first-order valence-corrected chi connectivity index (χ1v) is 18.5. The van der Waals surface area contributed by atoms with Crippen molar-refractivity contribution in [2.24, 2.45) is 0 Å². The fourth-order valence-electron chi connectivity index (χ4n) is 7.76. The van der Waals surface area contributed by atoms with Crippen LogP contribution in [0.25, 0.3) is 0 Å². The van der Waals surface area contributed by atoms with Crippen LogP contribution in [0, 0.1) is 20.8 Å². The molecular formula is C37H46O9P2. The molecule has 0 saturated carbocycles. The SMILES string of the molecule is Cc1cc(O)c(C(C)(C)C)cc1C12OP(O1)OC21OP2OC(O2)C1(c1cc(C(C)(C)C)c(O)cc1C)c1cc(C(C)(C)C)c(O)cc1C. The van der Waals surface area contributed by atoms with Crippen LogP contribution in [0.15, 0.2) is 36.4 Å². The summed E-state index contributed by atoms with van der Waals surface area (Å²) >= 11 is 0. The van der Waals surface area contributed by atoms with Gasteiger partial charge in [-0.3, -0.25) is 27.1 Å². The van der Waals surface area contributed by atoms with E-state index in [1.165, 1.54) is 0 Å². The maximum atomic E-state index is 11.3. The van der Waals surface area contributed by atoms with E-state index in [9.17, 15) is 15.3 Å². The molecule has 4 bridgehead atoms. The smallest absolute Gasteiger partial charge is 0.341 e. The van der Waals surface area contributed by atoms with E-state index in [0.29, 0.717) is 5.56 Å². The first-order valence-electron chi connectivity index (χ1n) is 16.3. The monoisotopic (exact) mass is 696 g/mol. The zero-order valence-corrected chi connectivity index (χ0v) is 31.5. The van der Waals surface area contributed by atoms with Crippen molar-refractivity contribution < 1.29 is 42.5 Å². The summed E-state index contributed by atoms with van der Waals surface area (Å²) in [7, 11) is -3.67. The Hall–Kier alpha value is -2.32. The van der Waals surface area contributed by atoms with Crippen LogP contribution >= 0.6 is 17.2 Å². The highest BCUT2D eigenvalue weighted by Gasteiger charge is 2.89. The zero-order valence-electron chi connectivity index (χ0n) is 29.7. The fraction of sp³-hybridized carbons (Fsp3) is 0.514. The minimum atomic E-state index is -1.84. The van der Waals surface area contributed by atoms with Gasteiger partial charge in [0.2, 0.25) is 0 Å². The molecule has 0 amide bonds. The molecule has 11 heteroatoms. The van der Waals surface area contributed by atoms with Gasteiger partial charge in [-0.1, -0.05) is 74.4 Å². The minimum absolute atomic E-state index is 0.174. The molecular weight excluding hydrogens is 650 g/mol. The van der Waals surface area contributed by atoms with Crippen LogP contribution in [0.5, 0.6) is 17.2 Å². The standard InChI is InChI=1S/C37H46O9P2/c1-19-13-28(38)25(32(4,5)6)16-22(19)35(23-17-26(33(7,8)9)29(39)14-20(23)2)31-41-47(42-31)45-37(35)36(43-48(44-36)46-37)24-18-27(34(10,11)12)30(40)15-21(24)3/h13-18,31,38-40H,1-12H3. The van der Waals surface area contributed by atoms with Crippen LogP contribution in [0.1, 0.15) is 112 Å². The highest BCUT2D eigenvalue weighted by atomic mass is 31.2. The summed E-state index contributed by atoms with van der Waals surface area (Å²) in [5.74, 6) is -2.73. The lowest BCUT2D eigenvalue weighted by molar-refractivity contribution is -0.366. The molecule has 3 aromatic carbocycles. The maximum Gasteiger partial charge on any atom is 0.341 e. The number of phenolic OH excluding ortho intramolecular Hbond substituents is 3. The molecule has 6 saturated heterocycles. The predicted octanol–water partition coefficient (Wildman–Crippen LogP) is 9.39. The summed E-state index contributed by atoms with van der Waals surface area (Å²) < 4.78 is 40.2. The summed E-state index contributed by atoms with van der Waals surface area (Å²) in [4.78, 5) is 0. The lowest BCUT2D eigenvalue weighted by atomic mass is 9.60. The molecule has 0 aliphatic carbocycles. The number of phenols is 3. The minimum Gasteiger partial charge on any atom is -0.508 e. The average Bonchev–Trinajstić information content (AvgIpc) is 3.36. The Kier molecular flexibility index (Phi) is 7.37. The second-order valence-electron chi connectivity index (χ2n) is 16.7. The molecule has 0 aromatic heterocycles. The molecule has 6 aliphatic rings. The van der Waals surface area contributed by atoms with E-state index in [1.54, 1.807) is 18.2 Å². The molecule has 6 aliphatic heterocycles. The summed E-state index contributed by atoms with van der Waals surface area (Å²) in [6.07, 6.45) is -0.899. The van der Waals surface area contributed by atoms with Crippen molar-refractivity contribution in [1.82, 2.24) is 0 Å². The second-order valence-corrected chi connectivity index (χ2v) is 18.7. The van der Waals surface area contributed by atoms with E-state index in [2.05, 4.69) is 0 Å². The van der Waals surface area contributed by atoms with Gasteiger partial charge >= 0.3 is 17.2 Å². The highest BCUT2D eigenvalue weighted by molar-refractivity contribution is 7.44. The van der Waals surface area contributed by atoms with E-state index in [-0.39, 0.29) is 17.2 Å². The predicted molar refractivity (Wildman–Crippen MR) is 184 cm³/mol. The van der Waals surface area contributed by atoms with Crippen molar-refractivity contribution in [2.45, 2.75) is 123 Å². The van der Waals surface area contributed by atoms with Crippen molar-refractivity contribution in [2.75, 3.05) is 0 Å². The third-order valence-corrected chi connectivity index (χ3v) is 12.5. The van der Waals surface area contributed by atoms with E-state index in [1.807, 2.05) is 101 Å². The average molecular weight is 697 g/mol. The molecule has 6 fully saturated rings. The molecule has 1 spiro atoms. The Morgan fingerprint density at radius 3 is 1.27 bits per heavy atom. The quantitative estimate of drug-likeness (QED) is 0.230.